The van der Waals surface area contributed by atoms with Gasteiger partial charge < -0.3 is 5.11 Å². The molecule has 1 aromatic carbocycles. The summed E-state index contributed by atoms with van der Waals surface area (Å²) in [5.74, 6) is 0.0880. The molecule has 0 saturated carbocycles. The van der Waals surface area contributed by atoms with Gasteiger partial charge in [-0.1, -0.05) is 6.92 Å². The van der Waals surface area contributed by atoms with Gasteiger partial charge in [0.2, 0.25) is 10.0 Å². The maximum Gasteiger partial charge on any atom is 0.240 e. The molecule has 15 heavy (non-hydrogen) atoms. The summed E-state index contributed by atoms with van der Waals surface area (Å²) in [5.41, 5.74) is 0. The van der Waals surface area contributed by atoms with Crippen molar-refractivity contribution in [2.75, 3.05) is 6.54 Å². The highest BCUT2D eigenvalue weighted by atomic mass is 127. The Kier molecular flexibility index (Phi) is 4.35. The summed E-state index contributed by atoms with van der Waals surface area (Å²) in [6.07, 6.45) is 0.744. The zero-order valence-electron chi connectivity index (χ0n) is 8.20. The Labute approximate surface area is 103 Å². The SMILES string of the molecule is CCCNS(=O)(=O)c1ccc(O)c(I)c1. The number of hydrogen-bond donors (Lipinski definition) is 2. The van der Waals surface area contributed by atoms with Crippen molar-refractivity contribution in [2.45, 2.75) is 18.2 Å². The van der Waals surface area contributed by atoms with E-state index >= 15 is 0 Å². The van der Waals surface area contributed by atoms with Crippen molar-refractivity contribution in [3.63, 3.8) is 0 Å². The van der Waals surface area contributed by atoms with E-state index in [1.807, 2.05) is 29.5 Å². The summed E-state index contributed by atoms with van der Waals surface area (Å²) < 4.78 is 26.3. The minimum atomic E-state index is -3.43. The molecule has 0 atom stereocenters. The Morgan fingerprint density at radius 3 is 2.67 bits per heavy atom. The lowest BCUT2D eigenvalue weighted by Gasteiger charge is -2.06. The lowest BCUT2D eigenvalue weighted by Crippen LogP contribution is -2.24. The third-order valence-corrected chi connectivity index (χ3v) is 4.09. The van der Waals surface area contributed by atoms with Crippen LogP contribution in [0.5, 0.6) is 5.75 Å². The van der Waals surface area contributed by atoms with E-state index in [2.05, 4.69) is 4.72 Å². The number of halogens is 1. The molecule has 1 rings (SSSR count). The lowest BCUT2D eigenvalue weighted by molar-refractivity contribution is 0.471. The van der Waals surface area contributed by atoms with Crippen molar-refractivity contribution in [3.05, 3.63) is 21.8 Å². The van der Waals surface area contributed by atoms with Crippen molar-refractivity contribution < 1.29 is 13.5 Å². The number of benzene rings is 1. The number of sulfonamides is 1. The molecule has 0 fully saturated rings. The first-order valence-corrected chi connectivity index (χ1v) is 7.01. The average Bonchev–Trinajstić information content (AvgIpc) is 2.19. The quantitative estimate of drug-likeness (QED) is 0.819. The van der Waals surface area contributed by atoms with E-state index in [0.29, 0.717) is 10.1 Å². The van der Waals surface area contributed by atoms with E-state index in [-0.39, 0.29) is 10.6 Å². The van der Waals surface area contributed by atoms with Crippen molar-refractivity contribution in [2.24, 2.45) is 0 Å². The fourth-order valence-corrected chi connectivity index (χ4v) is 2.86. The number of phenolic OH excluding ortho intramolecular Hbond substituents is 1. The molecule has 6 heteroatoms. The Morgan fingerprint density at radius 2 is 2.13 bits per heavy atom. The van der Waals surface area contributed by atoms with Crippen LogP contribution in [0.4, 0.5) is 0 Å². The fraction of sp³-hybridized carbons (Fsp3) is 0.333. The van der Waals surface area contributed by atoms with Gasteiger partial charge in [0.25, 0.3) is 0 Å². The van der Waals surface area contributed by atoms with Crippen LogP contribution < -0.4 is 4.72 Å². The summed E-state index contributed by atoms with van der Waals surface area (Å²) in [4.78, 5) is 0.179. The Hall–Kier alpha value is -0.340. The Bertz CT molecular complexity index is 445. The van der Waals surface area contributed by atoms with Crippen molar-refractivity contribution in [1.29, 1.82) is 0 Å². The van der Waals surface area contributed by atoms with Crippen LogP contribution in [0.3, 0.4) is 0 Å². The molecule has 0 unspecified atom stereocenters. The van der Waals surface area contributed by atoms with Gasteiger partial charge in [-0.05, 0) is 47.2 Å². The largest absolute Gasteiger partial charge is 0.507 e. The predicted octanol–water partition coefficient (Wildman–Crippen LogP) is 1.69. The van der Waals surface area contributed by atoms with Crippen LogP contribution in [0.1, 0.15) is 13.3 Å². The third kappa shape index (κ3) is 3.32. The van der Waals surface area contributed by atoms with Crippen molar-refractivity contribution >= 4 is 32.6 Å². The Morgan fingerprint density at radius 1 is 1.47 bits per heavy atom. The molecule has 0 aliphatic carbocycles. The summed E-state index contributed by atoms with van der Waals surface area (Å²) in [6.45, 7) is 2.31. The van der Waals surface area contributed by atoms with Gasteiger partial charge in [-0.3, -0.25) is 0 Å². The monoisotopic (exact) mass is 341 g/mol. The normalized spacial score (nSPS) is 11.6. The molecule has 0 spiro atoms. The minimum absolute atomic E-state index is 0.0880. The van der Waals surface area contributed by atoms with E-state index < -0.39 is 10.0 Å². The molecule has 0 radical (unpaired) electrons. The highest BCUT2D eigenvalue weighted by molar-refractivity contribution is 14.1. The number of rotatable bonds is 4. The molecule has 0 bridgehead atoms. The van der Waals surface area contributed by atoms with Gasteiger partial charge >= 0.3 is 0 Å². The summed E-state index contributed by atoms with van der Waals surface area (Å²) in [5, 5.41) is 9.26. The first-order valence-electron chi connectivity index (χ1n) is 4.45. The standard InChI is InChI=1S/C9H12INO3S/c1-2-5-11-15(13,14)7-3-4-9(12)8(10)6-7/h3-4,6,11-12H,2,5H2,1H3. The van der Waals surface area contributed by atoms with Gasteiger partial charge in [-0.25, -0.2) is 13.1 Å². The molecular formula is C9H12INO3S. The third-order valence-electron chi connectivity index (χ3n) is 1.77. The van der Waals surface area contributed by atoms with Gasteiger partial charge in [-0.15, -0.1) is 0 Å². The molecule has 0 aliphatic heterocycles. The number of phenols is 1. The highest BCUT2D eigenvalue weighted by Gasteiger charge is 2.14. The fourth-order valence-electron chi connectivity index (χ4n) is 0.975. The lowest BCUT2D eigenvalue weighted by atomic mass is 10.3. The van der Waals surface area contributed by atoms with E-state index in [0.717, 1.165) is 6.42 Å². The second-order valence-corrected chi connectivity index (χ2v) is 5.94. The van der Waals surface area contributed by atoms with E-state index in [9.17, 15) is 13.5 Å². The number of hydrogen-bond acceptors (Lipinski definition) is 3. The van der Waals surface area contributed by atoms with Crippen LogP contribution in [0, 0.1) is 3.57 Å². The Balaban J connectivity index is 3.00. The molecule has 84 valence electrons. The first-order chi connectivity index (χ1) is 6.97. The van der Waals surface area contributed by atoms with E-state index in [1.54, 1.807) is 0 Å². The van der Waals surface area contributed by atoms with Gasteiger partial charge in [0.1, 0.15) is 5.75 Å². The maximum atomic E-state index is 11.7. The molecule has 0 saturated heterocycles. The van der Waals surface area contributed by atoms with Crippen molar-refractivity contribution in [1.82, 2.24) is 4.72 Å². The minimum Gasteiger partial charge on any atom is -0.507 e. The maximum absolute atomic E-state index is 11.7. The van der Waals surface area contributed by atoms with Gasteiger partial charge in [0.15, 0.2) is 0 Å². The second-order valence-electron chi connectivity index (χ2n) is 3.01. The molecule has 2 N–H and O–H groups in total. The van der Waals surface area contributed by atoms with Crippen LogP contribution in [0.2, 0.25) is 0 Å². The smallest absolute Gasteiger partial charge is 0.240 e. The second kappa shape index (κ2) is 5.13. The van der Waals surface area contributed by atoms with Gasteiger partial charge in [-0.2, -0.15) is 0 Å². The van der Waals surface area contributed by atoms with Crippen LogP contribution in [-0.2, 0) is 10.0 Å². The van der Waals surface area contributed by atoms with E-state index in [1.165, 1.54) is 18.2 Å². The van der Waals surface area contributed by atoms with E-state index in [4.69, 9.17) is 0 Å². The highest BCUT2D eigenvalue weighted by Crippen LogP contribution is 2.22. The molecule has 4 nitrogen and oxygen atoms in total. The average molecular weight is 341 g/mol. The molecular weight excluding hydrogens is 329 g/mol. The predicted molar refractivity (Wildman–Crippen MR) is 66.3 cm³/mol. The summed E-state index contributed by atoms with van der Waals surface area (Å²) in [6, 6.07) is 4.20. The van der Waals surface area contributed by atoms with Crippen LogP contribution in [0.25, 0.3) is 0 Å². The number of nitrogens with one attached hydrogen (secondary N) is 1. The van der Waals surface area contributed by atoms with Crippen LogP contribution >= 0.6 is 22.6 Å². The van der Waals surface area contributed by atoms with Crippen LogP contribution in [0.15, 0.2) is 23.1 Å². The summed E-state index contributed by atoms with van der Waals surface area (Å²) >= 11 is 1.89. The number of aromatic hydroxyl groups is 1. The zero-order chi connectivity index (χ0) is 11.5. The van der Waals surface area contributed by atoms with Crippen LogP contribution in [-0.4, -0.2) is 20.1 Å². The molecule has 0 aromatic heterocycles. The molecule has 0 aliphatic rings. The topological polar surface area (TPSA) is 66.4 Å². The molecule has 1 aromatic rings. The van der Waals surface area contributed by atoms with Gasteiger partial charge in [0, 0.05) is 6.54 Å². The zero-order valence-corrected chi connectivity index (χ0v) is 11.2. The first kappa shape index (κ1) is 12.7. The van der Waals surface area contributed by atoms with Crippen molar-refractivity contribution in [3.8, 4) is 5.75 Å². The molecule has 0 amide bonds. The molecule has 0 heterocycles. The van der Waals surface area contributed by atoms with Gasteiger partial charge in [0.05, 0.1) is 8.47 Å². The summed E-state index contributed by atoms with van der Waals surface area (Å²) in [7, 11) is -3.43.